The fourth-order valence-electron chi connectivity index (χ4n) is 6.06. The number of fused-ring (bicyclic) bond motifs is 3. The van der Waals surface area contributed by atoms with Gasteiger partial charge in [0, 0.05) is 33.0 Å². The molecular weight excluding hydrogens is 618 g/mol. The second kappa shape index (κ2) is 10.8. The van der Waals surface area contributed by atoms with E-state index in [1.165, 1.54) is 24.3 Å². The lowest BCUT2D eigenvalue weighted by molar-refractivity contribution is 0.0735. The number of aromatic hydroxyl groups is 1. The molecule has 0 bridgehead atoms. The van der Waals surface area contributed by atoms with Gasteiger partial charge >= 0.3 is 5.97 Å². The monoisotopic (exact) mass is 651 g/mol. The number of carbonyl (C=O) groups excluding carboxylic acids is 3. The molecule has 47 heavy (non-hydrogen) atoms. The number of nitrogens with zero attached hydrogens (tertiary/aromatic N) is 1. The first-order valence-electron chi connectivity index (χ1n) is 15.0. The fraction of sp³-hybridized carbons (Fsp3) is 0.243. The van der Waals surface area contributed by atoms with Gasteiger partial charge in [-0.25, -0.2) is 9.78 Å². The van der Waals surface area contributed by atoms with Crippen molar-refractivity contribution in [3.63, 3.8) is 0 Å². The van der Waals surface area contributed by atoms with Gasteiger partial charge in [0.05, 0.1) is 11.3 Å². The fourth-order valence-corrected chi connectivity index (χ4v) is 6.77. The molecule has 9 nitrogen and oxygen atoms in total. The van der Waals surface area contributed by atoms with E-state index in [1.54, 1.807) is 48.5 Å². The van der Waals surface area contributed by atoms with Crippen LogP contribution in [0.15, 0.2) is 77.7 Å². The predicted molar refractivity (Wildman–Crippen MR) is 177 cm³/mol. The van der Waals surface area contributed by atoms with E-state index >= 15 is 0 Å². The van der Waals surface area contributed by atoms with Gasteiger partial charge in [0.2, 0.25) is 0 Å². The summed E-state index contributed by atoms with van der Waals surface area (Å²) in [6.45, 7) is 11.7. The van der Waals surface area contributed by atoms with Crippen molar-refractivity contribution in [2.75, 3.05) is 0 Å². The van der Waals surface area contributed by atoms with E-state index in [4.69, 9.17) is 4.74 Å². The Morgan fingerprint density at radius 3 is 1.96 bits per heavy atom. The lowest BCUT2D eigenvalue weighted by Crippen LogP contribution is -2.20. The first kappa shape index (κ1) is 32.0. The molecule has 1 heterocycles. The van der Waals surface area contributed by atoms with Crippen LogP contribution < -0.4 is 4.74 Å². The first-order valence-corrected chi connectivity index (χ1v) is 16.4. The molecule has 1 atom stereocenters. The van der Waals surface area contributed by atoms with Gasteiger partial charge in [-0.05, 0) is 58.7 Å². The van der Waals surface area contributed by atoms with Crippen LogP contribution in [0.2, 0.25) is 0 Å². The highest BCUT2D eigenvalue weighted by atomic mass is 32.2. The minimum Gasteiger partial charge on any atom is -0.507 e. The molecule has 4 aromatic carbocycles. The lowest BCUT2D eigenvalue weighted by Gasteiger charge is -2.28. The number of pyridine rings is 1. The van der Waals surface area contributed by atoms with Gasteiger partial charge in [-0.3, -0.25) is 14.1 Å². The summed E-state index contributed by atoms with van der Waals surface area (Å²) < 4.78 is 39.6. The van der Waals surface area contributed by atoms with Crippen molar-refractivity contribution in [3.05, 3.63) is 106 Å². The summed E-state index contributed by atoms with van der Waals surface area (Å²) in [5.41, 5.74) is 1.08. The number of benzene rings is 4. The molecule has 0 fully saturated rings. The summed E-state index contributed by atoms with van der Waals surface area (Å²) in [5, 5.41) is 12.2. The molecular formula is C37H33NO8S. The molecule has 0 saturated heterocycles. The minimum atomic E-state index is -4.59. The van der Waals surface area contributed by atoms with Crippen LogP contribution >= 0.6 is 0 Å². The van der Waals surface area contributed by atoms with Gasteiger partial charge in [-0.1, -0.05) is 71.9 Å². The Balaban J connectivity index is 1.40. The van der Waals surface area contributed by atoms with Gasteiger partial charge in [-0.2, -0.15) is 8.42 Å². The number of ketones is 2. The van der Waals surface area contributed by atoms with Crippen molar-refractivity contribution >= 4 is 49.3 Å². The standard InChI is InChI=1S/C37H33NO8S/c1-36(2,3)25-16-21(17-26(34(25)41)37(4,5)6)35(42)46-28-11-7-9-19-13-14-27(38-31(19)28)30-32(39)23-15-20-10-8-12-29(47(43,44)45)22(20)18-24(23)33(30)40/h7-18,30,41H,1-6H3,(H,43,44,45). The number of ether oxygens (including phenoxy) is 1. The topological polar surface area (TPSA) is 148 Å². The Hall–Kier alpha value is -4.93. The summed E-state index contributed by atoms with van der Waals surface area (Å²) >= 11 is 0. The van der Waals surface area contributed by atoms with Crippen molar-refractivity contribution in [1.29, 1.82) is 0 Å². The summed E-state index contributed by atoms with van der Waals surface area (Å²) in [6, 6.07) is 18.6. The Bertz CT molecular complexity index is 2260. The SMILES string of the molecule is CC(C)(C)c1cc(C(=O)Oc2cccc3ccc(C4C(=O)c5cc6cccc(S(=O)(=O)O)c6cc5C4=O)nc23)cc(C(C)(C)C)c1O. The highest BCUT2D eigenvalue weighted by Crippen LogP contribution is 2.41. The van der Waals surface area contributed by atoms with Crippen molar-refractivity contribution < 1.29 is 37.2 Å². The van der Waals surface area contributed by atoms with E-state index in [1.807, 2.05) is 41.5 Å². The molecule has 0 spiro atoms. The van der Waals surface area contributed by atoms with Crippen LogP contribution in [-0.4, -0.2) is 40.6 Å². The van der Waals surface area contributed by atoms with Crippen molar-refractivity contribution in [3.8, 4) is 11.5 Å². The normalized spacial score (nSPS) is 15.3. The Morgan fingerprint density at radius 2 is 1.36 bits per heavy atom. The summed E-state index contributed by atoms with van der Waals surface area (Å²) in [6.07, 6.45) is 0. The molecule has 2 N–H and O–H groups in total. The number of rotatable bonds is 4. The van der Waals surface area contributed by atoms with Crippen molar-refractivity contribution in [2.24, 2.45) is 0 Å². The summed E-state index contributed by atoms with van der Waals surface area (Å²) in [7, 11) is -4.59. The first-order chi connectivity index (χ1) is 21.9. The Morgan fingerprint density at radius 1 is 0.787 bits per heavy atom. The zero-order chi connectivity index (χ0) is 34.2. The molecule has 6 rings (SSSR count). The highest BCUT2D eigenvalue weighted by molar-refractivity contribution is 7.86. The third-order valence-electron chi connectivity index (χ3n) is 8.48. The Kier molecular flexibility index (Phi) is 7.37. The molecule has 240 valence electrons. The van der Waals surface area contributed by atoms with Gasteiger partial charge < -0.3 is 9.84 Å². The number of esters is 1. The van der Waals surface area contributed by atoms with Crippen LogP contribution in [0.1, 0.15) is 95.4 Å². The van der Waals surface area contributed by atoms with Crippen LogP contribution in [-0.2, 0) is 20.9 Å². The van der Waals surface area contributed by atoms with Crippen LogP contribution in [0.4, 0.5) is 0 Å². The summed E-state index contributed by atoms with van der Waals surface area (Å²) in [5.74, 6) is -2.78. The van der Waals surface area contributed by atoms with E-state index in [2.05, 4.69) is 4.98 Å². The molecule has 1 aromatic heterocycles. The smallest absolute Gasteiger partial charge is 0.343 e. The number of para-hydroxylation sites is 1. The number of phenols is 1. The van der Waals surface area contributed by atoms with Gasteiger partial charge in [-0.15, -0.1) is 0 Å². The zero-order valence-corrected chi connectivity index (χ0v) is 27.5. The van der Waals surface area contributed by atoms with Crippen LogP contribution in [0.25, 0.3) is 21.7 Å². The molecule has 0 aliphatic heterocycles. The zero-order valence-electron chi connectivity index (χ0n) is 26.7. The minimum absolute atomic E-state index is 0.0295. The number of hydrogen-bond acceptors (Lipinski definition) is 8. The lowest BCUT2D eigenvalue weighted by atomic mass is 9.78. The third kappa shape index (κ3) is 5.57. The number of phenolic OH excluding ortho intramolecular Hbond substituents is 1. The molecule has 0 saturated carbocycles. The second-order valence-electron chi connectivity index (χ2n) is 13.9. The molecule has 1 aliphatic rings. The van der Waals surface area contributed by atoms with E-state index in [-0.39, 0.29) is 49.7 Å². The largest absolute Gasteiger partial charge is 0.507 e. The molecule has 1 unspecified atom stereocenters. The number of carbonyl (C=O) groups is 3. The summed E-state index contributed by atoms with van der Waals surface area (Å²) in [4.78, 5) is 45.2. The number of aromatic nitrogens is 1. The number of hydrogen-bond donors (Lipinski definition) is 2. The maximum absolute atomic E-state index is 13.7. The van der Waals surface area contributed by atoms with Gasteiger partial charge in [0.25, 0.3) is 10.1 Å². The average Bonchev–Trinajstić information content (AvgIpc) is 3.22. The predicted octanol–water partition coefficient (Wildman–Crippen LogP) is 7.32. The van der Waals surface area contributed by atoms with E-state index in [0.29, 0.717) is 21.9 Å². The van der Waals surface area contributed by atoms with Gasteiger partial charge in [0.1, 0.15) is 22.1 Å². The molecule has 5 aromatic rings. The molecule has 1 aliphatic carbocycles. The highest BCUT2D eigenvalue weighted by Gasteiger charge is 2.41. The second-order valence-corrected chi connectivity index (χ2v) is 15.3. The van der Waals surface area contributed by atoms with E-state index in [9.17, 15) is 32.5 Å². The van der Waals surface area contributed by atoms with Gasteiger partial charge in [0.15, 0.2) is 17.3 Å². The maximum atomic E-state index is 13.7. The average molecular weight is 652 g/mol. The van der Waals surface area contributed by atoms with Crippen molar-refractivity contribution in [2.45, 2.75) is 63.2 Å². The third-order valence-corrected chi connectivity index (χ3v) is 9.39. The van der Waals surface area contributed by atoms with E-state index in [0.717, 1.165) is 0 Å². The van der Waals surface area contributed by atoms with E-state index < -0.39 is 44.4 Å². The van der Waals surface area contributed by atoms with Crippen LogP contribution in [0.5, 0.6) is 11.5 Å². The quantitative estimate of drug-likeness (QED) is 0.0883. The Labute approximate surface area is 272 Å². The molecule has 0 amide bonds. The molecule has 10 heteroatoms. The molecule has 0 radical (unpaired) electrons. The van der Waals surface area contributed by atoms with Crippen LogP contribution in [0, 0.1) is 0 Å². The van der Waals surface area contributed by atoms with Crippen molar-refractivity contribution in [1.82, 2.24) is 4.98 Å². The maximum Gasteiger partial charge on any atom is 0.343 e. The number of Topliss-reactive ketones (excluding diaryl/α,β-unsaturated/α-hetero) is 2. The van der Waals surface area contributed by atoms with Crippen LogP contribution in [0.3, 0.4) is 0 Å².